The maximum Gasteiger partial charge on any atom is 0.248 e. The van der Waals surface area contributed by atoms with Gasteiger partial charge < -0.3 is 15.2 Å². The Kier molecular flexibility index (Phi) is 4.28. The summed E-state index contributed by atoms with van der Waals surface area (Å²) in [6, 6.07) is 4.66. The van der Waals surface area contributed by atoms with Crippen LogP contribution in [0.15, 0.2) is 23.2 Å². The molecule has 0 aromatic heterocycles. The Morgan fingerprint density at radius 2 is 2.32 bits per heavy atom. The van der Waals surface area contributed by atoms with E-state index in [9.17, 15) is 9.90 Å². The van der Waals surface area contributed by atoms with E-state index in [1.807, 2.05) is 13.0 Å². The average molecular weight is 374 g/mol. The van der Waals surface area contributed by atoms with Gasteiger partial charge >= 0.3 is 0 Å². The fraction of sp³-hybridized carbons (Fsp3) is 0.385. The largest absolute Gasteiger partial charge is 0.507 e. The Balaban J connectivity index is 2.26. The molecule has 2 N–H and O–H groups in total. The molecule has 1 aromatic carbocycles. The van der Waals surface area contributed by atoms with Crippen molar-refractivity contribution in [2.24, 2.45) is 4.99 Å². The van der Waals surface area contributed by atoms with Crippen molar-refractivity contribution in [2.45, 2.75) is 26.0 Å². The van der Waals surface area contributed by atoms with Gasteiger partial charge in [-0.2, -0.15) is 0 Å². The molecule has 0 saturated carbocycles. The lowest BCUT2D eigenvalue weighted by atomic mass is 10.2. The maximum absolute atomic E-state index is 11.8. The number of ether oxygens (including phenoxy) is 1. The molecule has 1 aromatic rings. The summed E-state index contributed by atoms with van der Waals surface area (Å²) in [5, 5.41) is 12.6. The zero-order valence-electron chi connectivity index (χ0n) is 10.7. The number of aliphatic imine (C=N–C) groups is 1. The fourth-order valence-corrected chi connectivity index (χ4v) is 2.35. The summed E-state index contributed by atoms with van der Waals surface area (Å²) in [5.41, 5.74) is 0.513. The zero-order valence-corrected chi connectivity index (χ0v) is 12.8. The Morgan fingerprint density at radius 3 is 2.95 bits per heavy atom. The van der Waals surface area contributed by atoms with E-state index >= 15 is 0 Å². The van der Waals surface area contributed by atoms with Crippen LogP contribution in [0.3, 0.4) is 0 Å². The van der Waals surface area contributed by atoms with Crippen LogP contribution in [0.5, 0.6) is 5.75 Å². The SMILES string of the molecule is CCNC(=O)[C@H]1N=C(c2ccc(I)cc2O)O[C@H]1C. The van der Waals surface area contributed by atoms with Crippen molar-refractivity contribution < 1.29 is 14.6 Å². The zero-order chi connectivity index (χ0) is 14.0. The summed E-state index contributed by atoms with van der Waals surface area (Å²) in [5.74, 6) is 0.266. The van der Waals surface area contributed by atoms with Crippen molar-refractivity contribution in [1.29, 1.82) is 0 Å². The quantitative estimate of drug-likeness (QED) is 0.791. The number of nitrogens with one attached hydrogen (secondary N) is 1. The van der Waals surface area contributed by atoms with Gasteiger partial charge in [0.05, 0.1) is 5.56 Å². The normalized spacial score (nSPS) is 21.7. The molecule has 0 spiro atoms. The molecule has 0 aliphatic carbocycles. The van der Waals surface area contributed by atoms with Crippen LogP contribution < -0.4 is 5.32 Å². The highest BCUT2D eigenvalue weighted by Gasteiger charge is 2.34. The van der Waals surface area contributed by atoms with Gasteiger partial charge in [-0.25, -0.2) is 4.99 Å². The Bertz CT molecular complexity index is 531. The summed E-state index contributed by atoms with van der Waals surface area (Å²) in [4.78, 5) is 16.1. The maximum atomic E-state index is 11.8. The smallest absolute Gasteiger partial charge is 0.248 e. The molecule has 0 fully saturated rings. The molecule has 19 heavy (non-hydrogen) atoms. The highest BCUT2D eigenvalue weighted by Crippen LogP contribution is 2.25. The number of nitrogens with zero attached hydrogens (tertiary/aromatic N) is 1. The molecule has 5 nitrogen and oxygen atoms in total. The minimum absolute atomic E-state index is 0.106. The van der Waals surface area contributed by atoms with Crippen molar-refractivity contribution in [2.75, 3.05) is 6.54 Å². The van der Waals surface area contributed by atoms with Crippen LogP contribution >= 0.6 is 22.6 Å². The van der Waals surface area contributed by atoms with Crippen LogP contribution in [-0.2, 0) is 9.53 Å². The number of hydrogen-bond donors (Lipinski definition) is 2. The van der Waals surface area contributed by atoms with Gasteiger partial charge in [0.1, 0.15) is 11.9 Å². The van der Waals surface area contributed by atoms with Crippen molar-refractivity contribution in [3.05, 3.63) is 27.3 Å². The van der Waals surface area contributed by atoms with E-state index in [4.69, 9.17) is 4.74 Å². The minimum Gasteiger partial charge on any atom is -0.507 e. The number of likely N-dealkylation sites (N-methyl/N-ethyl adjacent to an activating group) is 1. The molecule has 2 rings (SSSR count). The number of carbonyl (C=O) groups excluding carboxylic acids is 1. The van der Waals surface area contributed by atoms with Gasteiger partial charge in [-0.05, 0) is 54.6 Å². The predicted molar refractivity (Wildman–Crippen MR) is 80.4 cm³/mol. The van der Waals surface area contributed by atoms with E-state index in [-0.39, 0.29) is 17.8 Å². The molecule has 0 unspecified atom stereocenters. The van der Waals surface area contributed by atoms with E-state index in [0.29, 0.717) is 18.0 Å². The van der Waals surface area contributed by atoms with Crippen LogP contribution in [0.2, 0.25) is 0 Å². The average Bonchev–Trinajstić information content (AvgIpc) is 2.71. The van der Waals surface area contributed by atoms with Crippen LogP contribution in [0.4, 0.5) is 0 Å². The number of phenols is 1. The molecule has 1 amide bonds. The number of hydrogen-bond acceptors (Lipinski definition) is 4. The first-order valence-electron chi connectivity index (χ1n) is 6.04. The van der Waals surface area contributed by atoms with Gasteiger partial charge in [0.2, 0.25) is 11.8 Å². The fourth-order valence-electron chi connectivity index (χ4n) is 1.87. The lowest BCUT2D eigenvalue weighted by Gasteiger charge is -2.12. The molecule has 1 aliphatic heterocycles. The van der Waals surface area contributed by atoms with E-state index in [1.54, 1.807) is 19.1 Å². The number of carbonyl (C=O) groups is 1. The third-order valence-corrected chi connectivity index (χ3v) is 3.48. The molecule has 0 radical (unpaired) electrons. The van der Waals surface area contributed by atoms with E-state index in [2.05, 4.69) is 32.9 Å². The van der Waals surface area contributed by atoms with Crippen LogP contribution in [0.25, 0.3) is 0 Å². The molecule has 2 atom stereocenters. The highest BCUT2D eigenvalue weighted by atomic mass is 127. The first kappa shape index (κ1) is 14.1. The van der Waals surface area contributed by atoms with E-state index in [1.165, 1.54) is 0 Å². The van der Waals surface area contributed by atoms with Crippen LogP contribution in [0.1, 0.15) is 19.4 Å². The molecule has 102 valence electrons. The topological polar surface area (TPSA) is 70.9 Å². The summed E-state index contributed by atoms with van der Waals surface area (Å²) >= 11 is 2.11. The standard InChI is InChI=1S/C13H15IN2O3/c1-3-15-12(18)11-7(2)19-13(16-11)9-5-4-8(14)6-10(9)17/h4-7,11,17H,3H2,1-2H3,(H,15,18)/t7-,11-/m0/s1. The Labute approximate surface area is 125 Å². The van der Waals surface area contributed by atoms with Gasteiger partial charge in [0, 0.05) is 10.1 Å². The highest BCUT2D eigenvalue weighted by molar-refractivity contribution is 14.1. The minimum atomic E-state index is -0.561. The van der Waals surface area contributed by atoms with Gasteiger partial charge in [-0.1, -0.05) is 0 Å². The second-order valence-corrected chi connectivity index (χ2v) is 5.50. The van der Waals surface area contributed by atoms with Crippen molar-refractivity contribution in [3.63, 3.8) is 0 Å². The first-order valence-corrected chi connectivity index (χ1v) is 7.12. The van der Waals surface area contributed by atoms with Gasteiger partial charge in [0.15, 0.2) is 6.04 Å². The number of amides is 1. The van der Waals surface area contributed by atoms with Crippen molar-refractivity contribution in [3.8, 4) is 5.75 Å². The number of halogens is 1. The second kappa shape index (κ2) is 5.77. The van der Waals surface area contributed by atoms with Crippen molar-refractivity contribution >= 4 is 34.4 Å². The van der Waals surface area contributed by atoms with Crippen LogP contribution in [0, 0.1) is 3.57 Å². The van der Waals surface area contributed by atoms with E-state index in [0.717, 1.165) is 3.57 Å². The molecular weight excluding hydrogens is 359 g/mol. The summed E-state index contributed by atoms with van der Waals surface area (Å²) in [6.45, 7) is 4.20. The summed E-state index contributed by atoms with van der Waals surface area (Å²) in [6.07, 6.45) is -0.333. The van der Waals surface area contributed by atoms with Crippen LogP contribution in [-0.4, -0.2) is 35.6 Å². The predicted octanol–water partition coefficient (Wildman–Crippen LogP) is 1.67. The van der Waals surface area contributed by atoms with E-state index < -0.39 is 6.04 Å². The lowest BCUT2D eigenvalue weighted by molar-refractivity contribution is -0.123. The van der Waals surface area contributed by atoms with Gasteiger partial charge in [-0.3, -0.25) is 4.79 Å². The number of rotatable bonds is 3. The summed E-state index contributed by atoms with van der Waals surface area (Å²) in [7, 11) is 0. The number of benzene rings is 1. The molecule has 6 heteroatoms. The lowest BCUT2D eigenvalue weighted by Crippen LogP contribution is -2.38. The second-order valence-electron chi connectivity index (χ2n) is 4.26. The monoisotopic (exact) mass is 374 g/mol. The third-order valence-electron chi connectivity index (χ3n) is 2.81. The van der Waals surface area contributed by atoms with Gasteiger partial charge in [0.25, 0.3) is 0 Å². The molecular formula is C13H15IN2O3. The third kappa shape index (κ3) is 2.99. The molecule has 1 heterocycles. The number of phenolic OH excluding ortho intramolecular Hbond substituents is 1. The molecule has 1 aliphatic rings. The molecule has 0 saturated heterocycles. The number of aromatic hydroxyl groups is 1. The summed E-state index contributed by atoms with van der Waals surface area (Å²) < 4.78 is 6.50. The Morgan fingerprint density at radius 1 is 1.58 bits per heavy atom. The molecule has 0 bridgehead atoms. The Hall–Kier alpha value is -1.31. The van der Waals surface area contributed by atoms with Crippen molar-refractivity contribution in [1.82, 2.24) is 5.32 Å². The van der Waals surface area contributed by atoms with Gasteiger partial charge in [-0.15, -0.1) is 0 Å². The first-order chi connectivity index (χ1) is 9.02.